The molecule has 228 valence electrons. The van der Waals surface area contributed by atoms with E-state index in [-0.39, 0.29) is 17.7 Å². The molecule has 1 aliphatic rings. The topological polar surface area (TPSA) is 107 Å². The molecule has 0 bridgehead atoms. The van der Waals surface area contributed by atoms with Gasteiger partial charge in [0.15, 0.2) is 27.8 Å². The maximum Gasteiger partial charge on any atom is 0.338 e. The largest absolute Gasteiger partial charge is 0.493 e. The Kier molecular flexibility index (Phi) is 9.05. The van der Waals surface area contributed by atoms with Crippen LogP contribution in [0.2, 0.25) is 0 Å². The number of rotatable bonds is 10. The predicted molar refractivity (Wildman–Crippen MR) is 167 cm³/mol. The summed E-state index contributed by atoms with van der Waals surface area (Å²) in [5.74, 6) is 1.57. The second-order valence-corrected chi connectivity index (χ2v) is 10.5. The van der Waals surface area contributed by atoms with E-state index >= 15 is 0 Å². The standard InChI is InChI=1S/C33H32N2O8S/c1-7-43-32(37)26-27(20-12-9-8-10-13-20)34-33-35(28(26)21-14-11-15-22(38-2)29(21)41-5)31(36)25(44-33)18-19-16-23(39-3)30(42-6)24(17-19)40-4/h8-18,28H,7H2,1-6H3/t28-/m1/s1. The van der Waals surface area contributed by atoms with Crippen LogP contribution in [-0.4, -0.2) is 52.7 Å². The van der Waals surface area contributed by atoms with Gasteiger partial charge in [0.2, 0.25) is 5.75 Å². The summed E-state index contributed by atoms with van der Waals surface area (Å²) in [7, 11) is 7.62. The molecule has 0 saturated carbocycles. The van der Waals surface area contributed by atoms with E-state index in [0.717, 1.165) is 0 Å². The van der Waals surface area contributed by atoms with Crippen LogP contribution in [-0.2, 0) is 9.53 Å². The van der Waals surface area contributed by atoms with Crippen LogP contribution in [0.4, 0.5) is 0 Å². The van der Waals surface area contributed by atoms with Crippen molar-refractivity contribution >= 4 is 29.1 Å². The second kappa shape index (κ2) is 13.1. The first kappa shape index (κ1) is 30.4. The number of carbonyl (C=O) groups is 1. The third-order valence-corrected chi connectivity index (χ3v) is 8.07. The lowest BCUT2D eigenvalue weighted by Gasteiger charge is -2.27. The first-order valence-electron chi connectivity index (χ1n) is 13.7. The summed E-state index contributed by atoms with van der Waals surface area (Å²) in [4.78, 5) is 33.4. The lowest BCUT2D eigenvalue weighted by molar-refractivity contribution is -0.138. The summed E-state index contributed by atoms with van der Waals surface area (Å²) in [6.07, 6.45) is 1.73. The van der Waals surface area contributed by atoms with Crippen molar-refractivity contribution in [3.05, 3.63) is 103 Å². The minimum Gasteiger partial charge on any atom is -0.493 e. The van der Waals surface area contributed by atoms with E-state index in [1.165, 1.54) is 51.5 Å². The van der Waals surface area contributed by atoms with Crippen LogP contribution in [0.3, 0.4) is 0 Å². The summed E-state index contributed by atoms with van der Waals surface area (Å²) in [5.41, 5.74) is 2.14. The average Bonchev–Trinajstić information content (AvgIpc) is 3.37. The van der Waals surface area contributed by atoms with Gasteiger partial charge in [0.25, 0.3) is 5.56 Å². The highest BCUT2D eigenvalue weighted by Gasteiger charge is 2.37. The van der Waals surface area contributed by atoms with Crippen LogP contribution in [0.5, 0.6) is 28.7 Å². The number of esters is 1. The molecule has 0 saturated heterocycles. The Balaban J connectivity index is 1.86. The molecule has 0 fully saturated rings. The van der Waals surface area contributed by atoms with Gasteiger partial charge < -0.3 is 28.4 Å². The molecule has 11 heteroatoms. The molecule has 0 amide bonds. The van der Waals surface area contributed by atoms with E-state index in [1.54, 1.807) is 43.3 Å². The van der Waals surface area contributed by atoms with Crippen LogP contribution < -0.4 is 38.6 Å². The number of benzene rings is 3. The number of carbonyl (C=O) groups excluding carboxylic acids is 1. The van der Waals surface area contributed by atoms with E-state index in [4.69, 9.17) is 33.4 Å². The fraction of sp³-hybridized carbons (Fsp3) is 0.242. The Morgan fingerprint density at radius 3 is 2.11 bits per heavy atom. The van der Waals surface area contributed by atoms with Crippen LogP contribution in [0, 0.1) is 0 Å². The van der Waals surface area contributed by atoms with Gasteiger partial charge in [-0.15, -0.1) is 0 Å². The first-order valence-corrected chi connectivity index (χ1v) is 14.5. The number of methoxy groups -OCH3 is 5. The number of hydrogen-bond donors (Lipinski definition) is 0. The molecule has 10 nitrogen and oxygen atoms in total. The van der Waals surface area contributed by atoms with E-state index in [0.29, 0.717) is 60.5 Å². The van der Waals surface area contributed by atoms with E-state index in [2.05, 4.69) is 0 Å². The van der Waals surface area contributed by atoms with Crippen molar-refractivity contribution in [2.45, 2.75) is 13.0 Å². The van der Waals surface area contributed by atoms with Crippen LogP contribution in [0.25, 0.3) is 11.8 Å². The third kappa shape index (κ3) is 5.42. The number of nitrogens with zero attached hydrogens (tertiary/aromatic N) is 2. The number of thiazole rings is 1. The highest BCUT2D eigenvalue weighted by molar-refractivity contribution is 7.07. The van der Waals surface area contributed by atoms with E-state index < -0.39 is 12.0 Å². The summed E-state index contributed by atoms with van der Waals surface area (Å²) >= 11 is 1.20. The summed E-state index contributed by atoms with van der Waals surface area (Å²) in [6.45, 7) is 1.87. The van der Waals surface area contributed by atoms with Gasteiger partial charge in [-0.25, -0.2) is 9.79 Å². The Labute approximate surface area is 258 Å². The zero-order chi connectivity index (χ0) is 31.4. The van der Waals surface area contributed by atoms with Gasteiger partial charge in [-0.1, -0.05) is 53.8 Å². The van der Waals surface area contributed by atoms with Crippen molar-refractivity contribution in [3.63, 3.8) is 0 Å². The fourth-order valence-electron chi connectivity index (χ4n) is 5.20. The van der Waals surface area contributed by atoms with Crippen molar-refractivity contribution < 1.29 is 33.2 Å². The van der Waals surface area contributed by atoms with Crippen LogP contribution in [0.1, 0.15) is 29.7 Å². The van der Waals surface area contributed by atoms with E-state index in [1.807, 2.05) is 30.3 Å². The van der Waals surface area contributed by atoms with E-state index in [9.17, 15) is 9.59 Å². The van der Waals surface area contributed by atoms with Gasteiger partial charge in [0, 0.05) is 11.1 Å². The fourth-order valence-corrected chi connectivity index (χ4v) is 6.20. The van der Waals surface area contributed by atoms with Gasteiger partial charge in [-0.2, -0.15) is 0 Å². The van der Waals surface area contributed by atoms with Gasteiger partial charge in [0.1, 0.15) is 6.04 Å². The predicted octanol–water partition coefficient (Wildman–Crippen LogP) is 3.98. The van der Waals surface area contributed by atoms with Gasteiger partial charge in [0.05, 0.1) is 58.0 Å². The number of fused-ring (bicyclic) bond motifs is 1. The molecule has 0 radical (unpaired) electrons. The Morgan fingerprint density at radius 2 is 1.52 bits per heavy atom. The van der Waals surface area contributed by atoms with Gasteiger partial charge in [-0.05, 0) is 36.8 Å². The molecule has 0 N–H and O–H groups in total. The Bertz CT molecular complexity index is 1890. The summed E-state index contributed by atoms with van der Waals surface area (Å²) < 4.78 is 35.3. The molecular formula is C33H32N2O8S. The second-order valence-electron chi connectivity index (χ2n) is 9.47. The molecular weight excluding hydrogens is 584 g/mol. The highest BCUT2D eigenvalue weighted by Crippen LogP contribution is 2.42. The van der Waals surface area contributed by atoms with Crippen molar-refractivity contribution in [2.24, 2.45) is 4.99 Å². The quantitative estimate of drug-likeness (QED) is 0.247. The molecule has 2 heterocycles. The van der Waals surface area contributed by atoms with Crippen molar-refractivity contribution in [1.82, 2.24) is 4.57 Å². The molecule has 3 aromatic carbocycles. The minimum atomic E-state index is -0.937. The maximum atomic E-state index is 14.3. The highest BCUT2D eigenvalue weighted by atomic mass is 32.1. The smallest absolute Gasteiger partial charge is 0.338 e. The molecule has 1 aromatic heterocycles. The molecule has 0 aliphatic carbocycles. The Hall–Kier alpha value is -5.03. The molecule has 44 heavy (non-hydrogen) atoms. The number of ether oxygens (including phenoxy) is 6. The summed E-state index contributed by atoms with van der Waals surface area (Å²) in [6, 6.07) is 17.2. The van der Waals surface area contributed by atoms with Gasteiger partial charge in [-0.3, -0.25) is 9.36 Å². The molecule has 4 aromatic rings. The molecule has 0 spiro atoms. The summed E-state index contributed by atoms with van der Waals surface area (Å²) in [5, 5.41) is 0. The van der Waals surface area contributed by atoms with Crippen molar-refractivity contribution in [2.75, 3.05) is 42.2 Å². The minimum absolute atomic E-state index is 0.137. The van der Waals surface area contributed by atoms with Crippen LogP contribution >= 0.6 is 11.3 Å². The van der Waals surface area contributed by atoms with Gasteiger partial charge >= 0.3 is 5.97 Å². The SMILES string of the molecule is CCOC(=O)C1=C(c2ccccc2)N=c2sc(=Cc3cc(OC)c(OC)c(OC)c3)c(=O)n2[C@@H]1c1cccc(OC)c1OC. The first-order chi connectivity index (χ1) is 21.4. The third-order valence-electron chi connectivity index (χ3n) is 7.09. The number of hydrogen-bond acceptors (Lipinski definition) is 10. The molecule has 1 atom stereocenters. The Morgan fingerprint density at radius 1 is 0.864 bits per heavy atom. The molecule has 5 rings (SSSR count). The lowest BCUT2D eigenvalue weighted by atomic mass is 9.92. The zero-order valence-corrected chi connectivity index (χ0v) is 26.0. The zero-order valence-electron chi connectivity index (χ0n) is 25.2. The molecule has 1 aliphatic heterocycles. The molecule has 0 unspecified atom stereocenters. The van der Waals surface area contributed by atoms with Crippen molar-refractivity contribution in [1.29, 1.82) is 0 Å². The van der Waals surface area contributed by atoms with Crippen molar-refractivity contribution in [3.8, 4) is 28.7 Å². The normalized spacial score (nSPS) is 14.4. The average molecular weight is 617 g/mol. The maximum absolute atomic E-state index is 14.3. The number of aromatic nitrogens is 1. The number of para-hydroxylation sites is 1. The lowest BCUT2D eigenvalue weighted by Crippen LogP contribution is -2.40. The monoisotopic (exact) mass is 616 g/mol. The van der Waals surface area contributed by atoms with Crippen LogP contribution in [0.15, 0.2) is 76.0 Å².